The first-order valence-corrected chi connectivity index (χ1v) is 6.24. The third kappa shape index (κ3) is 4.75. The summed E-state index contributed by atoms with van der Waals surface area (Å²) in [5.74, 6) is -0.829. The SMILES string of the molecule is CCOC(=O)[C@@H](C)Oc1ccc([N+](=O)[O-])cc1NC(C)=O. The molecule has 8 heteroatoms. The Bertz CT molecular complexity index is 558. The number of hydrogen-bond acceptors (Lipinski definition) is 6. The second-order valence-electron chi connectivity index (χ2n) is 4.13. The van der Waals surface area contributed by atoms with Crippen LogP contribution in [0.3, 0.4) is 0 Å². The summed E-state index contributed by atoms with van der Waals surface area (Å²) < 4.78 is 10.2. The summed E-state index contributed by atoms with van der Waals surface area (Å²) in [6, 6.07) is 3.70. The molecule has 0 heterocycles. The fraction of sp³-hybridized carbons (Fsp3) is 0.385. The second-order valence-corrected chi connectivity index (χ2v) is 4.13. The molecule has 0 bridgehead atoms. The van der Waals surface area contributed by atoms with Crippen molar-refractivity contribution < 1.29 is 24.0 Å². The van der Waals surface area contributed by atoms with Crippen LogP contribution in [0.15, 0.2) is 18.2 Å². The van der Waals surface area contributed by atoms with Gasteiger partial charge in [0.25, 0.3) is 5.69 Å². The molecule has 0 spiro atoms. The standard InChI is InChI=1S/C13H16N2O6/c1-4-20-13(17)8(2)21-12-6-5-10(15(18)19)7-11(12)14-9(3)16/h5-8H,4H2,1-3H3,(H,14,16)/t8-/m1/s1. The van der Waals surface area contributed by atoms with Gasteiger partial charge in [0.15, 0.2) is 6.10 Å². The van der Waals surface area contributed by atoms with Crippen molar-refractivity contribution in [3.8, 4) is 5.75 Å². The summed E-state index contributed by atoms with van der Waals surface area (Å²) in [5.41, 5.74) is -0.0808. The predicted molar refractivity (Wildman–Crippen MR) is 74.1 cm³/mol. The number of esters is 1. The molecule has 0 aromatic heterocycles. The van der Waals surface area contributed by atoms with Crippen molar-refractivity contribution in [2.24, 2.45) is 0 Å². The van der Waals surface area contributed by atoms with Crippen LogP contribution in [0.2, 0.25) is 0 Å². The molecule has 1 aromatic carbocycles. The molecule has 1 rings (SSSR count). The number of hydrogen-bond donors (Lipinski definition) is 1. The van der Waals surface area contributed by atoms with E-state index in [0.717, 1.165) is 6.07 Å². The predicted octanol–water partition coefficient (Wildman–Crippen LogP) is 1.88. The highest BCUT2D eigenvalue weighted by Crippen LogP contribution is 2.30. The minimum atomic E-state index is -0.904. The zero-order valence-corrected chi connectivity index (χ0v) is 11.9. The van der Waals surface area contributed by atoms with E-state index in [0.29, 0.717) is 0 Å². The molecule has 8 nitrogen and oxygen atoms in total. The summed E-state index contributed by atoms with van der Waals surface area (Å²) in [4.78, 5) is 32.8. The molecule has 1 atom stereocenters. The van der Waals surface area contributed by atoms with Gasteiger partial charge < -0.3 is 14.8 Å². The lowest BCUT2D eigenvalue weighted by atomic mass is 10.2. The summed E-state index contributed by atoms with van der Waals surface area (Å²) in [6.07, 6.45) is -0.904. The van der Waals surface area contributed by atoms with Crippen LogP contribution in [0.1, 0.15) is 20.8 Å². The van der Waals surface area contributed by atoms with Crippen LogP contribution in [0.25, 0.3) is 0 Å². The average molecular weight is 296 g/mol. The number of benzene rings is 1. The van der Waals surface area contributed by atoms with Gasteiger partial charge in [-0.2, -0.15) is 0 Å². The van der Waals surface area contributed by atoms with Crippen molar-refractivity contribution in [2.45, 2.75) is 26.9 Å². The van der Waals surface area contributed by atoms with Crippen molar-refractivity contribution in [3.05, 3.63) is 28.3 Å². The molecule has 0 unspecified atom stereocenters. The number of amides is 1. The first-order chi connectivity index (χ1) is 9.85. The van der Waals surface area contributed by atoms with Gasteiger partial charge in [0, 0.05) is 19.1 Å². The van der Waals surface area contributed by atoms with E-state index in [-0.39, 0.29) is 23.7 Å². The average Bonchev–Trinajstić information content (AvgIpc) is 2.40. The zero-order valence-electron chi connectivity index (χ0n) is 11.9. The Balaban J connectivity index is 3.02. The lowest BCUT2D eigenvalue weighted by Gasteiger charge is -2.16. The van der Waals surface area contributed by atoms with Gasteiger partial charge in [0.05, 0.1) is 17.2 Å². The Morgan fingerprint density at radius 2 is 2.10 bits per heavy atom. The molecule has 0 aliphatic heterocycles. The molecule has 0 aliphatic rings. The second kappa shape index (κ2) is 7.22. The monoisotopic (exact) mass is 296 g/mol. The quantitative estimate of drug-likeness (QED) is 0.488. The van der Waals surface area contributed by atoms with E-state index in [1.807, 2.05) is 0 Å². The van der Waals surface area contributed by atoms with Gasteiger partial charge in [-0.3, -0.25) is 14.9 Å². The van der Waals surface area contributed by atoms with Crippen molar-refractivity contribution >= 4 is 23.3 Å². The highest BCUT2D eigenvalue weighted by atomic mass is 16.6. The van der Waals surface area contributed by atoms with E-state index >= 15 is 0 Å². The van der Waals surface area contributed by atoms with Gasteiger partial charge in [-0.25, -0.2) is 4.79 Å². The summed E-state index contributed by atoms with van der Waals surface area (Å²) >= 11 is 0. The van der Waals surface area contributed by atoms with Crippen LogP contribution in [0.5, 0.6) is 5.75 Å². The lowest BCUT2D eigenvalue weighted by Crippen LogP contribution is -2.26. The molecule has 0 aliphatic carbocycles. The zero-order chi connectivity index (χ0) is 16.0. The number of nitrogens with one attached hydrogen (secondary N) is 1. The van der Waals surface area contributed by atoms with Gasteiger partial charge in [-0.1, -0.05) is 0 Å². The van der Waals surface area contributed by atoms with E-state index in [9.17, 15) is 19.7 Å². The number of anilines is 1. The number of rotatable bonds is 6. The van der Waals surface area contributed by atoms with Gasteiger partial charge in [-0.15, -0.1) is 0 Å². The van der Waals surface area contributed by atoms with Crippen LogP contribution < -0.4 is 10.1 Å². The number of nitrogens with zero attached hydrogens (tertiary/aromatic N) is 1. The maximum absolute atomic E-state index is 11.5. The minimum Gasteiger partial charge on any atom is -0.477 e. The van der Waals surface area contributed by atoms with Gasteiger partial charge in [0.2, 0.25) is 5.91 Å². The fourth-order valence-corrected chi connectivity index (χ4v) is 1.52. The third-order valence-corrected chi connectivity index (χ3v) is 2.41. The van der Waals surface area contributed by atoms with E-state index < -0.39 is 22.9 Å². The molecule has 1 N–H and O–H groups in total. The number of non-ortho nitro benzene ring substituents is 1. The molecule has 0 fully saturated rings. The number of nitro groups is 1. The molecule has 0 saturated carbocycles. The Kier molecular flexibility index (Phi) is 5.65. The van der Waals surface area contributed by atoms with E-state index in [1.165, 1.54) is 26.0 Å². The van der Waals surface area contributed by atoms with E-state index in [2.05, 4.69) is 5.32 Å². The number of carbonyl (C=O) groups is 2. The largest absolute Gasteiger partial charge is 0.477 e. The Morgan fingerprint density at radius 3 is 2.62 bits per heavy atom. The Morgan fingerprint density at radius 1 is 1.43 bits per heavy atom. The van der Waals surface area contributed by atoms with Crippen LogP contribution in [0, 0.1) is 10.1 Å². The molecule has 1 amide bonds. The van der Waals surface area contributed by atoms with Crippen LogP contribution in [-0.2, 0) is 14.3 Å². The van der Waals surface area contributed by atoms with E-state index in [4.69, 9.17) is 9.47 Å². The normalized spacial score (nSPS) is 11.4. The minimum absolute atomic E-state index is 0.118. The molecule has 1 aromatic rings. The van der Waals surface area contributed by atoms with Crippen LogP contribution >= 0.6 is 0 Å². The Hall–Kier alpha value is -2.64. The number of ether oxygens (including phenoxy) is 2. The van der Waals surface area contributed by atoms with Gasteiger partial charge in [0.1, 0.15) is 5.75 Å². The van der Waals surface area contributed by atoms with Crippen LogP contribution in [-0.4, -0.2) is 29.5 Å². The van der Waals surface area contributed by atoms with Crippen LogP contribution in [0.4, 0.5) is 11.4 Å². The first-order valence-electron chi connectivity index (χ1n) is 6.24. The molecular weight excluding hydrogens is 280 g/mol. The van der Waals surface area contributed by atoms with Crippen molar-refractivity contribution in [3.63, 3.8) is 0 Å². The summed E-state index contributed by atoms with van der Waals surface area (Å²) in [5, 5.41) is 13.2. The molecule has 114 valence electrons. The fourth-order valence-electron chi connectivity index (χ4n) is 1.52. The maximum atomic E-state index is 11.5. The van der Waals surface area contributed by atoms with Crippen molar-refractivity contribution in [2.75, 3.05) is 11.9 Å². The van der Waals surface area contributed by atoms with E-state index in [1.54, 1.807) is 6.92 Å². The third-order valence-electron chi connectivity index (χ3n) is 2.41. The van der Waals surface area contributed by atoms with Gasteiger partial charge >= 0.3 is 5.97 Å². The highest BCUT2D eigenvalue weighted by Gasteiger charge is 2.19. The number of nitro benzene ring substituents is 1. The molecular formula is C13H16N2O6. The first kappa shape index (κ1) is 16.4. The summed E-state index contributed by atoms with van der Waals surface area (Å²) in [6.45, 7) is 4.62. The topological polar surface area (TPSA) is 108 Å². The highest BCUT2D eigenvalue weighted by molar-refractivity contribution is 5.91. The smallest absolute Gasteiger partial charge is 0.347 e. The van der Waals surface area contributed by atoms with Crippen molar-refractivity contribution in [1.29, 1.82) is 0 Å². The maximum Gasteiger partial charge on any atom is 0.347 e. The van der Waals surface area contributed by atoms with Gasteiger partial charge in [-0.05, 0) is 19.9 Å². The van der Waals surface area contributed by atoms with Crippen molar-refractivity contribution in [1.82, 2.24) is 0 Å². The molecule has 0 radical (unpaired) electrons. The Labute approximate surface area is 121 Å². The molecule has 21 heavy (non-hydrogen) atoms. The lowest BCUT2D eigenvalue weighted by molar-refractivity contribution is -0.384. The molecule has 0 saturated heterocycles. The summed E-state index contributed by atoms with van der Waals surface area (Å²) in [7, 11) is 0. The number of carbonyl (C=O) groups excluding carboxylic acids is 2.